The van der Waals surface area contributed by atoms with E-state index in [1.54, 1.807) is 13.0 Å². The van der Waals surface area contributed by atoms with E-state index >= 15 is 0 Å². The molecule has 0 aliphatic carbocycles. The molecule has 21 heavy (non-hydrogen) atoms. The lowest BCUT2D eigenvalue weighted by Crippen LogP contribution is -2.23. The minimum atomic E-state index is -0.654. The molecule has 2 amide bonds. The molecule has 2 aromatic rings. The van der Waals surface area contributed by atoms with Gasteiger partial charge in [-0.1, -0.05) is 0 Å². The van der Waals surface area contributed by atoms with Crippen molar-refractivity contribution in [1.82, 2.24) is 15.1 Å². The molecule has 3 N–H and O–H groups in total. The molecule has 0 atom stereocenters. The Morgan fingerprint density at radius 3 is 2.71 bits per heavy atom. The van der Waals surface area contributed by atoms with Crippen LogP contribution in [-0.2, 0) is 0 Å². The number of nitrogens with two attached hydrogens (primary N) is 1. The number of aromatic nitrogens is 2. The molecule has 0 fully saturated rings. The zero-order chi connectivity index (χ0) is 15.6. The first kappa shape index (κ1) is 14.3. The Morgan fingerprint density at radius 2 is 2.14 bits per heavy atom. The van der Waals surface area contributed by atoms with E-state index in [0.29, 0.717) is 16.8 Å². The SMILES string of the molecule is CNC(=O)c1cc(C#N)cc(C)c1-n1nccc1C(N)=O. The molecule has 0 saturated carbocycles. The van der Waals surface area contributed by atoms with Crippen LogP contribution in [0, 0.1) is 18.3 Å². The summed E-state index contributed by atoms with van der Waals surface area (Å²) in [5, 5.41) is 15.6. The summed E-state index contributed by atoms with van der Waals surface area (Å²) in [4.78, 5) is 23.5. The van der Waals surface area contributed by atoms with Gasteiger partial charge in [-0.15, -0.1) is 0 Å². The number of rotatable bonds is 3. The molecular weight excluding hydrogens is 270 g/mol. The van der Waals surface area contributed by atoms with Crippen LogP contribution in [0.15, 0.2) is 24.4 Å². The maximum atomic E-state index is 12.1. The van der Waals surface area contributed by atoms with E-state index in [1.165, 1.54) is 30.1 Å². The van der Waals surface area contributed by atoms with Gasteiger partial charge in [-0.3, -0.25) is 9.59 Å². The molecule has 106 valence electrons. The summed E-state index contributed by atoms with van der Waals surface area (Å²) in [6.45, 7) is 1.73. The van der Waals surface area contributed by atoms with E-state index in [2.05, 4.69) is 10.4 Å². The Kier molecular flexibility index (Phi) is 3.71. The lowest BCUT2D eigenvalue weighted by Gasteiger charge is -2.14. The Hall–Kier alpha value is -3.14. The molecule has 7 heteroatoms. The van der Waals surface area contributed by atoms with Gasteiger partial charge in [0.25, 0.3) is 11.8 Å². The number of nitrogens with one attached hydrogen (secondary N) is 1. The molecule has 0 unspecified atom stereocenters. The monoisotopic (exact) mass is 283 g/mol. The highest BCUT2D eigenvalue weighted by Crippen LogP contribution is 2.22. The fourth-order valence-electron chi connectivity index (χ4n) is 2.10. The van der Waals surface area contributed by atoms with Crippen molar-refractivity contribution < 1.29 is 9.59 Å². The first-order chi connectivity index (χ1) is 9.99. The summed E-state index contributed by atoms with van der Waals surface area (Å²) in [6.07, 6.45) is 1.42. The standard InChI is InChI=1S/C14H13N5O2/c1-8-5-9(7-15)6-10(14(21)17-2)12(8)19-11(13(16)20)3-4-18-19/h3-6H,1-2H3,(H2,16,20)(H,17,21). The lowest BCUT2D eigenvalue weighted by molar-refractivity contribution is 0.0958. The highest BCUT2D eigenvalue weighted by Gasteiger charge is 2.20. The van der Waals surface area contributed by atoms with Crippen LogP contribution >= 0.6 is 0 Å². The Bertz CT molecular complexity index is 770. The van der Waals surface area contributed by atoms with Crippen molar-refractivity contribution in [2.75, 3.05) is 7.05 Å². The molecule has 1 aromatic heterocycles. The minimum Gasteiger partial charge on any atom is -0.364 e. The van der Waals surface area contributed by atoms with Crippen LogP contribution in [0.1, 0.15) is 32.0 Å². The van der Waals surface area contributed by atoms with Gasteiger partial charge >= 0.3 is 0 Å². The maximum Gasteiger partial charge on any atom is 0.267 e. The molecule has 0 aliphatic rings. The van der Waals surface area contributed by atoms with Crippen molar-refractivity contribution in [3.05, 3.63) is 46.8 Å². The van der Waals surface area contributed by atoms with Crippen molar-refractivity contribution in [1.29, 1.82) is 5.26 Å². The van der Waals surface area contributed by atoms with Gasteiger partial charge in [0.05, 0.1) is 29.1 Å². The van der Waals surface area contributed by atoms with Crippen LogP contribution in [0.4, 0.5) is 0 Å². The minimum absolute atomic E-state index is 0.160. The predicted octanol–water partition coefficient (Wildman–Crippen LogP) is 0.511. The van der Waals surface area contributed by atoms with Gasteiger partial charge in [-0.05, 0) is 30.7 Å². The summed E-state index contributed by atoms with van der Waals surface area (Å²) in [5.41, 5.74) is 7.13. The second-order valence-electron chi connectivity index (χ2n) is 4.37. The fourth-order valence-corrected chi connectivity index (χ4v) is 2.10. The van der Waals surface area contributed by atoms with E-state index in [1.807, 2.05) is 6.07 Å². The van der Waals surface area contributed by atoms with E-state index in [9.17, 15) is 9.59 Å². The number of hydrogen-bond acceptors (Lipinski definition) is 4. The quantitative estimate of drug-likeness (QED) is 0.854. The van der Waals surface area contributed by atoms with Crippen LogP contribution in [-0.4, -0.2) is 28.6 Å². The van der Waals surface area contributed by atoms with Gasteiger partial charge in [-0.2, -0.15) is 10.4 Å². The van der Waals surface area contributed by atoms with Crippen LogP contribution < -0.4 is 11.1 Å². The zero-order valence-corrected chi connectivity index (χ0v) is 11.5. The molecule has 0 bridgehead atoms. The van der Waals surface area contributed by atoms with Gasteiger partial charge in [-0.25, -0.2) is 4.68 Å². The molecule has 0 saturated heterocycles. The molecule has 0 aliphatic heterocycles. The largest absolute Gasteiger partial charge is 0.364 e. The third-order valence-corrected chi connectivity index (χ3v) is 3.01. The van der Waals surface area contributed by atoms with Crippen LogP contribution in [0.3, 0.4) is 0 Å². The smallest absolute Gasteiger partial charge is 0.267 e. The van der Waals surface area contributed by atoms with Crippen LogP contribution in [0.2, 0.25) is 0 Å². The van der Waals surface area contributed by atoms with E-state index < -0.39 is 5.91 Å². The topological polar surface area (TPSA) is 114 Å². The molecule has 7 nitrogen and oxygen atoms in total. The van der Waals surface area contributed by atoms with Crippen LogP contribution in [0.25, 0.3) is 5.69 Å². The number of carbonyl (C=O) groups excluding carboxylic acids is 2. The number of aryl methyl sites for hydroxylation is 1. The van der Waals surface area contributed by atoms with Crippen molar-refractivity contribution >= 4 is 11.8 Å². The Labute approximate surface area is 121 Å². The molecular formula is C14H13N5O2. The lowest BCUT2D eigenvalue weighted by atomic mass is 10.0. The van der Waals surface area contributed by atoms with Crippen molar-refractivity contribution in [3.63, 3.8) is 0 Å². The maximum absolute atomic E-state index is 12.1. The molecule has 1 heterocycles. The second kappa shape index (κ2) is 5.46. The van der Waals surface area contributed by atoms with Gasteiger partial charge in [0.1, 0.15) is 5.69 Å². The van der Waals surface area contributed by atoms with Crippen molar-refractivity contribution in [3.8, 4) is 11.8 Å². The molecule has 2 rings (SSSR count). The van der Waals surface area contributed by atoms with Crippen LogP contribution in [0.5, 0.6) is 0 Å². The molecule has 0 radical (unpaired) electrons. The molecule has 0 spiro atoms. The zero-order valence-electron chi connectivity index (χ0n) is 11.5. The highest BCUT2D eigenvalue weighted by molar-refractivity contribution is 5.99. The number of amides is 2. The van der Waals surface area contributed by atoms with Gasteiger partial charge in [0.2, 0.25) is 0 Å². The number of nitriles is 1. The van der Waals surface area contributed by atoms with Crippen molar-refractivity contribution in [2.45, 2.75) is 6.92 Å². The first-order valence-electron chi connectivity index (χ1n) is 6.10. The average molecular weight is 283 g/mol. The van der Waals surface area contributed by atoms with E-state index in [-0.39, 0.29) is 17.2 Å². The summed E-state index contributed by atoms with van der Waals surface area (Å²) < 4.78 is 1.31. The second-order valence-corrected chi connectivity index (χ2v) is 4.37. The number of primary amides is 1. The van der Waals surface area contributed by atoms with Crippen molar-refractivity contribution in [2.24, 2.45) is 5.73 Å². The van der Waals surface area contributed by atoms with E-state index in [4.69, 9.17) is 11.0 Å². The number of hydrogen-bond donors (Lipinski definition) is 2. The first-order valence-corrected chi connectivity index (χ1v) is 6.10. The summed E-state index contributed by atoms with van der Waals surface area (Å²) in [7, 11) is 1.48. The third kappa shape index (κ3) is 2.47. The van der Waals surface area contributed by atoms with Gasteiger partial charge in [0.15, 0.2) is 0 Å². The Balaban J connectivity index is 2.79. The number of benzene rings is 1. The van der Waals surface area contributed by atoms with Gasteiger partial charge in [0, 0.05) is 7.05 Å². The summed E-state index contributed by atoms with van der Waals surface area (Å²) in [6, 6.07) is 6.53. The number of carbonyl (C=O) groups is 2. The molecule has 1 aromatic carbocycles. The fraction of sp³-hybridized carbons (Fsp3) is 0.143. The normalized spacial score (nSPS) is 9.95. The predicted molar refractivity (Wildman–Crippen MR) is 74.9 cm³/mol. The Morgan fingerprint density at radius 1 is 1.43 bits per heavy atom. The van der Waals surface area contributed by atoms with Gasteiger partial charge < -0.3 is 11.1 Å². The highest BCUT2D eigenvalue weighted by atomic mass is 16.2. The summed E-state index contributed by atoms with van der Waals surface area (Å²) in [5.74, 6) is -1.03. The third-order valence-electron chi connectivity index (χ3n) is 3.01. The average Bonchev–Trinajstić information content (AvgIpc) is 2.94. The summed E-state index contributed by atoms with van der Waals surface area (Å²) >= 11 is 0. The number of nitrogens with zero attached hydrogens (tertiary/aromatic N) is 3. The van der Waals surface area contributed by atoms with E-state index in [0.717, 1.165) is 0 Å².